The number of ketones is 1. The number of aliphatic hydroxyl groups excluding tert-OH is 1. The molecule has 0 fully saturated rings. The van der Waals surface area contributed by atoms with Crippen molar-refractivity contribution in [1.29, 1.82) is 0 Å². The third-order valence-corrected chi connectivity index (χ3v) is 4.29. The number of rotatable bonds is 4. The van der Waals surface area contributed by atoms with Crippen molar-refractivity contribution in [1.82, 2.24) is 0 Å². The molecular formula is C20H15NO5. The van der Waals surface area contributed by atoms with Crippen molar-refractivity contribution >= 4 is 17.4 Å². The van der Waals surface area contributed by atoms with Crippen LogP contribution in [-0.4, -0.2) is 16.8 Å². The normalized spacial score (nSPS) is 17.2. The molecule has 2 aromatic heterocycles. The fourth-order valence-electron chi connectivity index (χ4n) is 3.14. The molecule has 6 nitrogen and oxygen atoms in total. The number of carbonyl (C=O) groups excluding carboxylic acids is 2. The maximum Gasteiger partial charge on any atom is 0.294 e. The average Bonchev–Trinajstić information content (AvgIpc) is 3.36. The van der Waals surface area contributed by atoms with E-state index in [1.54, 1.807) is 36.4 Å². The molecule has 0 saturated carbocycles. The van der Waals surface area contributed by atoms with Crippen molar-refractivity contribution in [3.8, 4) is 0 Å². The van der Waals surface area contributed by atoms with Crippen LogP contribution in [0.2, 0.25) is 0 Å². The Balaban J connectivity index is 1.87. The van der Waals surface area contributed by atoms with E-state index in [0.717, 1.165) is 5.56 Å². The summed E-state index contributed by atoms with van der Waals surface area (Å²) in [4.78, 5) is 27.0. The number of hydrogen-bond acceptors (Lipinski definition) is 5. The molecule has 0 radical (unpaired) electrons. The van der Waals surface area contributed by atoms with Crippen molar-refractivity contribution in [3.05, 3.63) is 89.5 Å². The number of aryl methyl sites for hydroxylation is 1. The van der Waals surface area contributed by atoms with Gasteiger partial charge in [-0.05, 0) is 48.9 Å². The van der Waals surface area contributed by atoms with E-state index < -0.39 is 23.5 Å². The summed E-state index contributed by atoms with van der Waals surface area (Å²) in [5.41, 5.74) is 1.44. The molecule has 4 rings (SSSR count). The molecule has 1 amide bonds. The molecule has 0 saturated heterocycles. The molecule has 0 spiro atoms. The van der Waals surface area contributed by atoms with Gasteiger partial charge in [0.05, 0.1) is 18.1 Å². The van der Waals surface area contributed by atoms with Gasteiger partial charge in [0.25, 0.3) is 5.91 Å². The van der Waals surface area contributed by atoms with Gasteiger partial charge in [0.1, 0.15) is 11.8 Å². The SMILES string of the molecule is Cc1cccc(N2C(=O)C(O)=C(C(=O)c3ccco3)C2c2ccco2)c1. The first-order chi connectivity index (χ1) is 12.6. The van der Waals surface area contributed by atoms with E-state index in [4.69, 9.17) is 8.83 Å². The zero-order valence-electron chi connectivity index (χ0n) is 13.9. The Bertz CT molecular complexity index is 999. The quantitative estimate of drug-likeness (QED) is 0.721. The molecule has 3 aromatic rings. The van der Waals surface area contributed by atoms with Gasteiger partial charge in [-0.2, -0.15) is 0 Å². The van der Waals surface area contributed by atoms with Crippen LogP contribution in [0.1, 0.15) is 27.9 Å². The van der Waals surface area contributed by atoms with Crippen LogP contribution >= 0.6 is 0 Å². The highest BCUT2D eigenvalue weighted by Gasteiger charge is 2.46. The number of benzene rings is 1. The van der Waals surface area contributed by atoms with Gasteiger partial charge in [-0.15, -0.1) is 0 Å². The number of Topliss-reactive ketones (excluding diaryl/α,β-unsaturated/α-hetero) is 1. The van der Waals surface area contributed by atoms with Gasteiger partial charge in [0.2, 0.25) is 5.78 Å². The lowest BCUT2D eigenvalue weighted by Crippen LogP contribution is -2.30. The largest absolute Gasteiger partial charge is 0.503 e. The van der Waals surface area contributed by atoms with Crippen LogP contribution in [0.15, 0.2) is 81.2 Å². The number of furan rings is 2. The molecule has 3 heterocycles. The Labute approximate surface area is 149 Å². The summed E-state index contributed by atoms with van der Waals surface area (Å²) in [5.74, 6) is -1.40. The molecule has 1 atom stereocenters. The van der Waals surface area contributed by atoms with Crippen molar-refractivity contribution < 1.29 is 23.5 Å². The van der Waals surface area contributed by atoms with Crippen LogP contribution in [0.4, 0.5) is 5.69 Å². The van der Waals surface area contributed by atoms with E-state index in [0.29, 0.717) is 11.4 Å². The summed E-state index contributed by atoms with van der Waals surface area (Å²) in [6.07, 6.45) is 2.82. The lowest BCUT2D eigenvalue weighted by atomic mass is 9.99. The highest BCUT2D eigenvalue weighted by molar-refractivity contribution is 6.20. The summed E-state index contributed by atoms with van der Waals surface area (Å²) >= 11 is 0. The van der Waals surface area contributed by atoms with E-state index >= 15 is 0 Å². The number of aliphatic hydroxyl groups is 1. The molecule has 1 aliphatic heterocycles. The van der Waals surface area contributed by atoms with Crippen LogP contribution in [0.25, 0.3) is 0 Å². The van der Waals surface area contributed by atoms with E-state index in [2.05, 4.69) is 0 Å². The Kier molecular flexibility index (Phi) is 3.73. The van der Waals surface area contributed by atoms with E-state index in [-0.39, 0.29) is 11.3 Å². The molecule has 6 heteroatoms. The fraction of sp³-hybridized carbons (Fsp3) is 0.100. The minimum Gasteiger partial charge on any atom is -0.503 e. The second kappa shape index (κ2) is 6.07. The third kappa shape index (κ3) is 2.43. The number of anilines is 1. The minimum atomic E-state index is -0.878. The Morgan fingerprint density at radius 2 is 1.85 bits per heavy atom. The molecule has 0 bridgehead atoms. The van der Waals surface area contributed by atoms with Crippen LogP contribution in [-0.2, 0) is 4.79 Å². The fourth-order valence-corrected chi connectivity index (χ4v) is 3.14. The minimum absolute atomic E-state index is 0.0435. The summed E-state index contributed by atoms with van der Waals surface area (Å²) in [5, 5.41) is 10.5. The third-order valence-electron chi connectivity index (χ3n) is 4.29. The number of nitrogens with zero attached hydrogens (tertiary/aromatic N) is 1. The van der Waals surface area contributed by atoms with E-state index in [1.165, 1.54) is 23.5 Å². The summed E-state index contributed by atoms with van der Waals surface area (Å²) in [6.45, 7) is 1.90. The van der Waals surface area contributed by atoms with Crippen LogP contribution in [0.3, 0.4) is 0 Å². The first kappa shape index (κ1) is 16.0. The van der Waals surface area contributed by atoms with Gasteiger partial charge in [0, 0.05) is 5.69 Å². The molecule has 26 heavy (non-hydrogen) atoms. The van der Waals surface area contributed by atoms with Crippen molar-refractivity contribution in [2.75, 3.05) is 4.90 Å². The predicted molar refractivity (Wildman–Crippen MR) is 92.8 cm³/mol. The molecule has 0 aliphatic carbocycles. The smallest absolute Gasteiger partial charge is 0.294 e. The number of hydrogen-bond donors (Lipinski definition) is 1. The zero-order chi connectivity index (χ0) is 18.3. The molecular weight excluding hydrogens is 334 g/mol. The lowest BCUT2D eigenvalue weighted by molar-refractivity contribution is -0.117. The second-order valence-corrected chi connectivity index (χ2v) is 6.00. The zero-order valence-corrected chi connectivity index (χ0v) is 13.9. The maximum absolute atomic E-state index is 12.9. The molecule has 130 valence electrons. The Hall–Kier alpha value is -3.54. The van der Waals surface area contributed by atoms with Crippen LogP contribution < -0.4 is 4.90 Å². The molecule has 1 N–H and O–H groups in total. The van der Waals surface area contributed by atoms with Gasteiger partial charge in [-0.25, -0.2) is 0 Å². The highest BCUT2D eigenvalue weighted by atomic mass is 16.3. The summed E-state index contributed by atoms with van der Waals surface area (Å²) < 4.78 is 10.6. The predicted octanol–water partition coefficient (Wildman–Crippen LogP) is 3.96. The average molecular weight is 349 g/mol. The number of amides is 1. The molecule has 1 aliphatic rings. The topological polar surface area (TPSA) is 83.9 Å². The summed E-state index contributed by atoms with van der Waals surface area (Å²) in [7, 11) is 0. The summed E-state index contributed by atoms with van der Waals surface area (Å²) in [6, 6.07) is 12.8. The number of carbonyl (C=O) groups is 2. The van der Waals surface area contributed by atoms with Gasteiger partial charge in [-0.3, -0.25) is 14.5 Å². The van der Waals surface area contributed by atoms with Gasteiger partial charge in [-0.1, -0.05) is 12.1 Å². The first-order valence-electron chi connectivity index (χ1n) is 8.03. The Morgan fingerprint density at radius 1 is 1.08 bits per heavy atom. The van der Waals surface area contributed by atoms with Crippen molar-refractivity contribution in [2.45, 2.75) is 13.0 Å². The van der Waals surface area contributed by atoms with Crippen LogP contribution in [0.5, 0.6) is 0 Å². The maximum atomic E-state index is 12.9. The second-order valence-electron chi connectivity index (χ2n) is 6.00. The van der Waals surface area contributed by atoms with E-state index in [1.807, 2.05) is 13.0 Å². The lowest BCUT2D eigenvalue weighted by Gasteiger charge is -2.25. The monoisotopic (exact) mass is 349 g/mol. The molecule has 1 unspecified atom stereocenters. The van der Waals surface area contributed by atoms with Gasteiger partial charge in [0.15, 0.2) is 11.5 Å². The van der Waals surface area contributed by atoms with E-state index in [9.17, 15) is 14.7 Å². The highest BCUT2D eigenvalue weighted by Crippen LogP contribution is 2.42. The standard InChI is InChI=1S/C20H15NO5/c1-12-5-2-6-13(11-12)21-17(14-7-3-9-25-14)16(19(23)20(21)24)18(22)15-8-4-10-26-15/h2-11,17,23H,1H3. The van der Waals surface area contributed by atoms with Crippen molar-refractivity contribution in [3.63, 3.8) is 0 Å². The Morgan fingerprint density at radius 3 is 2.50 bits per heavy atom. The molecule has 1 aromatic carbocycles. The first-order valence-corrected chi connectivity index (χ1v) is 8.03. The van der Waals surface area contributed by atoms with Crippen molar-refractivity contribution in [2.24, 2.45) is 0 Å². The van der Waals surface area contributed by atoms with Gasteiger partial charge >= 0.3 is 0 Å². The van der Waals surface area contributed by atoms with Gasteiger partial charge < -0.3 is 13.9 Å². The van der Waals surface area contributed by atoms with Crippen LogP contribution in [0, 0.1) is 6.92 Å².